The van der Waals surface area contributed by atoms with Gasteiger partial charge in [0.05, 0.1) is 29.5 Å². The molecule has 6 nitrogen and oxygen atoms in total. The first-order valence-corrected chi connectivity index (χ1v) is 7.39. The summed E-state index contributed by atoms with van der Waals surface area (Å²) in [5.74, 6) is -1.75. The highest BCUT2D eigenvalue weighted by molar-refractivity contribution is 5.92. The smallest absolute Gasteiger partial charge is 0.305 e. The van der Waals surface area contributed by atoms with Crippen LogP contribution in [0.25, 0.3) is 10.9 Å². The number of ether oxygens (including phenoxy) is 3. The van der Waals surface area contributed by atoms with Gasteiger partial charge in [0.2, 0.25) is 0 Å². The summed E-state index contributed by atoms with van der Waals surface area (Å²) in [4.78, 5) is 14.9. The van der Waals surface area contributed by atoms with Gasteiger partial charge < -0.3 is 19.2 Å². The SMILES string of the molecule is COCC1(OC(C)=O)OCCc2c1[nH]c1c(C)ccc(C#N)c21. The number of fused-ring (bicyclic) bond motifs is 3. The van der Waals surface area contributed by atoms with Gasteiger partial charge in [-0.15, -0.1) is 0 Å². The van der Waals surface area contributed by atoms with Crippen LogP contribution in [0.5, 0.6) is 0 Å². The van der Waals surface area contributed by atoms with Crippen LogP contribution < -0.4 is 0 Å². The highest BCUT2D eigenvalue weighted by Gasteiger charge is 2.44. The van der Waals surface area contributed by atoms with E-state index in [0.29, 0.717) is 24.3 Å². The molecular weight excluding hydrogens is 296 g/mol. The summed E-state index contributed by atoms with van der Waals surface area (Å²) < 4.78 is 16.5. The third-order valence-corrected chi connectivity index (χ3v) is 4.10. The van der Waals surface area contributed by atoms with E-state index in [1.165, 1.54) is 14.0 Å². The molecule has 1 aromatic carbocycles. The zero-order chi connectivity index (χ0) is 16.6. The Kier molecular flexibility index (Phi) is 3.84. The molecule has 0 amide bonds. The molecule has 0 bridgehead atoms. The molecule has 1 aliphatic heterocycles. The van der Waals surface area contributed by atoms with E-state index in [9.17, 15) is 10.1 Å². The number of nitrogens with zero attached hydrogens (tertiary/aromatic N) is 1. The minimum absolute atomic E-state index is 0.0767. The summed E-state index contributed by atoms with van der Waals surface area (Å²) in [5.41, 5.74) is 4.08. The molecule has 1 N–H and O–H groups in total. The van der Waals surface area contributed by atoms with Gasteiger partial charge in [0, 0.05) is 19.4 Å². The van der Waals surface area contributed by atoms with Crippen LogP contribution in [0.1, 0.15) is 29.3 Å². The molecule has 1 atom stereocenters. The van der Waals surface area contributed by atoms with Crippen molar-refractivity contribution in [2.45, 2.75) is 26.1 Å². The average Bonchev–Trinajstić information content (AvgIpc) is 2.90. The number of hydrogen-bond donors (Lipinski definition) is 1. The Hall–Kier alpha value is -2.36. The normalized spacial score (nSPS) is 20.1. The number of rotatable bonds is 3. The molecule has 0 radical (unpaired) electrons. The Bertz CT molecular complexity index is 818. The van der Waals surface area contributed by atoms with Gasteiger partial charge in [-0.05, 0) is 30.5 Å². The number of carbonyl (C=O) groups is 1. The Labute approximate surface area is 133 Å². The number of nitrogens with one attached hydrogen (secondary N) is 1. The molecule has 2 aromatic rings. The molecule has 3 rings (SSSR count). The largest absolute Gasteiger partial charge is 0.424 e. The fourth-order valence-corrected chi connectivity index (χ4v) is 3.21. The fourth-order valence-electron chi connectivity index (χ4n) is 3.21. The zero-order valence-corrected chi connectivity index (χ0v) is 13.4. The lowest BCUT2D eigenvalue weighted by atomic mass is 9.97. The molecular formula is C17H18N2O4. The first kappa shape index (κ1) is 15.5. The van der Waals surface area contributed by atoms with Crippen LogP contribution in [0.15, 0.2) is 12.1 Å². The maximum Gasteiger partial charge on any atom is 0.305 e. The molecule has 2 heterocycles. The Morgan fingerprint density at radius 2 is 2.30 bits per heavy atom. The van der Waals surface area contributed by atoms with Gasteiger partial charge in [0.15, 0.2) is 0 Å². The number of H-pyrrole nitrogens is 1. The number of esters is 1. The molecule has 6 heteroatoms. The molecule has 0 spiro atoms. The number of hydrogen-bond acceptors (Lipinski definition) is 5. The number of aromatic amines is 1. The van der Waals surface area contributed by atoms with Crippen molar-refractivity contribution in [1.29, 1.82) is 5.26 Å². The van der Waals surface area contributed by atoms with Gasteiger partial charge in [-0.1, -0.05) is 6.07 Å². The van der Waals surface area contributed by atoms with Crippen molar-refractivity contribution in [3.8, 4) is 6.07 Å². The second kappa shape index (κ2) is 5.69. The minimum Gasteiger partial charge on any atom is -0.424 e. The number of nitriles is 1. The standard InChI is InChI=1S/C17H18N2O4/c1-10-4-5-12(8-18)14-13-6-7-22-17(9-21-3,23-11(2)20)16(13)19-15(10)14/h4-5,19H,6-7,9H2,1-3H3. The van der Waals surface area contributed by atoms with Gasteiger partial charge in [-0.25, -0.2) is 0 Å². The number of aryl methyl sites for hydroxylation is 1. The van der Waals surface area contributed by atoms with Gasteiger partial charge >= 0.3 is 5.97 Å². The van der Waals surface area contributed by atoms with Crippen LogP contribution in [0.2, 0.25) is 0 Å². The van der Waals surface area contributed by atoms with Crippen molar-refractivity contribution in [2.75, 3.05) is 20.3 Å². The summed E-state index contributed by atoms with van der Waals surface area (Å²) in [6, 6.07) is 5.94. The lowest BCUT2D eigenvalue weighted by Crippen LogP contribution is -2.43. The van der Waals surface area contributed by atoms with E-state index in [2.05, 4.69) is 11.1 Å². The predicted molar refractivity (Wildman–Crippen MR) is 82.7 cm³/mol. The van der Waals surface area contributed by atoms with E-state index in [1.807, 2.05) is 19.1 Å². The number of methoxy groups -OCH3 is 1. The Morgan fingerprint density at radius 1 is 1.52 bits per heavy atom. The molecule has 0 saturated heterocycles. The van der Waals surface area contributed by atoms with Crippen molar-refractivity contribution in [1.82, 2.24) is 4.98 Å². The number of carbonyl (C=O) groups excluding carboxylic acids is 1. The third kappa shape index (κ3) is 2.38. The molecule has 1 aliphatic rings. The van der Waals surface area contributed by atoms with Crippen LogP contribution >= 0.6 is 0 Å². The van der Waals surface area contributed by atoms with Crippen LogP contribution in [-0.4, -0.2) is 31.3 Å². The first-order valence-electron chi connectivity index (χ1n) is 7.39. The second-order valence-corrected chi connectivity index (χ2v) is 5.65. The minimum atomic E-state index is -1.30. The lowest BCUT2D eigenvalue weighted by molar-refractivity contribution is -0.262. The third-order valence-electron chi connectivity index (χ3n) is 4.10. The van der Waals surface area contributed by atoms with Crippen molar-refractivity contribution >= 4 is 16.9 Å². The van der Waals surface area contributed by atoms with E-state index >= 15 is 0 Å². The summed E-state index contributed by atoms with van der Waals surface area (Å²) in [7, 11) is 1.53. The van der Waals surface area contributed by atoms with Gasteiger partial charge in [-0.2, -0.15) is 5.26 Å². The average molecular weight is 314 g/mol. The summed E-state index contributed by atoms with van der Waals surface area (Å²) in [6.45, 7) is 3.77. The van der Waals surface area contributed by atoms with E-state index in [0.717, 1.165) is 22.0 Å². The second-order valence-electron chi connectivity index (χ2n) is 5.65. The van der Waals surface area contributed by atoms with Gasteiger partial charge in [-0.3, -0.25) is 4.79 Å². The van der Waals surface area contributed by atoms with Crippen molar-refractivity contribution in [3.05, 3.63) is 34.5 Å². The first-order chi connectivity index (χ1) is 11.0. The van der Waals surface area contributed by atoms with E-state index < -0.39 is 11.8 Å². The summed E-state index contributed by atoms with van der Waals surface area (Å²) >= 11 is 0. The monoisotopic (exact) mass is 314 g/mol. The molecule has 1 aromatic heterocycles. The van der Waals surface area contributed by atoms with Crippen LogP contribution in [0.3, 0.4) is 0 Å². The molecule has 23 heavy (non-hydrogen) atoms. The number of benzene rings is 1. The van der Waals surface area contributed by atoms with E-state index in [1.54, 1.807) is 0 Å². The van der Waals surface area contributed by atoms with E-state index in [-0.39, 0.29) is 6.61 Å². The molecule has 0 saturated carbocycles. The Balaban J connectivity index is 2.30. The van der Waals surface area contributed by atoms with E-state index in [4.69, 9.17) is 14.2 Å². The van der Waals surface area contributed by atoms with Gasteiger partial charge in [0.1, 0.15) is 6.61 Å². The number of aromatic nitrogens is 1. The molecule has 0 fully saturated rings. The van der Waals surface area contributed by atoms with Crippen molar-refractivity contribution < 1.29 is 19.0 Å². The van der Waals surface area contributed by atoms with Crippen LogP contribution in [0, 0.1) is 18.3 Å². The molecule has 0 aliphatic carbocycles. The van der Waals surface area contributed by atoms with Crippen LogP contribution in [-0.2, 0) is 31.2 Å². The molecule has 120 valence electrons. The fraction of sp³-hybridized carbons (Fsp3) is 0.412. The summed E-state index contributed by atoms with van der Waals surface area (Å²) in [5, 5.41) is 10.3. The van der Waals surface area contributed by atoms with Crippen molar-refractivity contribution in [2.24, 2.45) is 0 Å². The maximum absolute atomic E-state index is 11.6. The highest BCUT2D eigenvalue weighted by Crippen LogP contribution is 2.40. The van der Waals surface area contributed by atoms with Crippen molar-refractivity contribution in [3.63, 3.8) is 0 Å². The molecule has 1 unspecified atom stereocenters. The topological polar surface area (TPSA) is 84.3 Å². The lowest BCUT2D eigenvalue weighted by Gasteiger charge is -2.35. The van der Waals surface area contributed by atoms with Gasteiger partial charge in [0.25, 0.3) is 5.79 Å². The zero-order valence-electron chi connectivity index (χ0n) is 13.4. The maximum atomic E-state index is 11.6. The highest BCUT2D eigenvalue weighted by atomic mass is 16.7. The predicted octanol–water partition coefficient (Wildman–Crippen LogP) is 2.28. The van der Waals surface area contributed by atoms with Crippen LogP contribution in [0.4, 0.5) is 0 Å². The Morgan fingerprint density at radius 3 is 2.96 bits per heavy atom. The summed E-state index contributed by atoms with van der Waals surface area (Å²) in [6.07, 6.45) is 0.639. The quantitative estimate of drug-likeness (QED) is 0.879.